The molecule has 1 aromatic carbocycles. The lowest BCUT2D eigenvalue weighted by Crippen LogP contribution is -2.42. The van der Waals surface area contributed by atoms with Gasteiger partial charge in [-0.3, -0.25) is 9.59 Å². The lowest BCUT2D eigenvalue weighted by Gasteiger charge is -2.33. The van der Waals surface area contributed by atoms with Crippen molar-refractivity contribution in [1.29, 1.82) is 0 Å². The molecule has 0 spiro atoms. The molecule has 1 saturated heterocycles. The Kier molecular flexibility index (Phi) is 6.16. The second-order valence-electron chi connectivity index (χ2n) is 7.76. The van der Waals surface area contributed by atoms with Crippen LogP contribution in [0.15, 0.2) is 51.8 Å². The Morgan fingerprint density at radius 1 is 1.26 bits per heavy atom. The van der Waals surface area contributed by atoms with Crippen molar-refractivity contribution in [2.45, 2.75) is 45.2 Å². The normalized spacial score (nSPS) is 16.3. The average Bonchev–Trinajstić information content (AvgIpc) is 3.24. The van der Waals surface area contributed by atoms with Gasteiger partial charge in [-0.2, -0.15) is 5.10 Å². The minimum Gasteiger partial charge on any atom is -0.497 e. The molecule has 2 aromatic heterocycles. The van der Waals surface area contributed by atoms with Crippen LogP contribution in [0.3, 0.4) is 0 Å². The van der Waals surface area contributed by atoms with Gasteiger partial charge in [0.1, 0.15) is 24.1 Å². The molecule has 31 heavy (non-hydrogen) atoms. The molecule has 8 nitrogen and oxygen atoms in total. The third-order valence-electron chi connectivity index (χ3n) is 5.48. The van der Waals surface area contributed by atoms with Gasteiger partial charge in [0, 0.05) is 19.0 Å². The van der Waals surface area contributed by atoms with Crippen molar-refractivity contribution in [2.75, 3.05) is 13.7 Å². The molecule has 0 aliphatic carbocycles. The minimum absolute atomic E-state index is 0.0889. The fourth-order valence-corrected chi connectivity index (χ4v) is 3.91. The molecule has 1 aliphatic rings. The van der Waals surface area contributed by atoms with Crippen molar-refractivity contribution in [3.63, 3.8) is 0 Å². The van der Waals surface area contributed by atoms with Gasteiger partial charge in [-0.25, -0.2) is 9.67 Å². The van der Waals surface area contributed by atoms with E-state index in [0.717, 1.165) is 36.3 Å². The lowest BCUT2D eigenvalue weighted by atomic mass is 10.0. The zero-order valence-electron chi connectivity index (χ0n) is 17.8. The molecule has 3 aromatic rings. The maximum atomic E-state index is 13.0. The summed E-state index contributed by atoms with van der Waals surface area (Å²) >= 11 is 0. The van der Waals surface area contributed by atoms with Gasteiger partial charge in [-0.05, 0) is 49.9 Å². The SMILES string of the molecule is COc1cccc(Cc2cnc([C@@H]3CCCCN3C(=O)Cn3nc(C)ccc3=O)o2)c1. The highest BCUT2D eigenvalue weighted by atomic mass is 16.5. The molecule has 4 rings (SSSR count). The van der Waals surface area contributed by atoms with E-state index in [1.54, 1.807) is 31.2 Å². The van der Waals surface area contributed by atoms with Crippen LogP contribution in [0.2, 0.25) is 0 Å². The van der Waals surface area contributed by atoms with Gasteiger partial charge < -0.3 is 14.1 Å². The molecule has 162 valence electrons. The molecular weight excluding hydrogens is 396 g/mol. The van der Waals surface area contributed by atoms with E-state index in [9.17, 15) is 9.59 Å². The largest absolute Gasteiger partial charge is 0.497 e. The number of hydrogen-bond acceptors (Lipinski definition) is 6. The summed E-state index contributed by atoms with van der Waals surface area (Å²) in [5.74, 6) is 1.91. The summed E-state index contributed by atoms with van der Waals surface area (Å²) in [6.45, 7) is 2.31. The van der Waals surface area contributed by atoms with E-state index in [4.69, 9.17) is 9.15 Å². The molecule has 1 atom stereocenters. The van der Waals surface area contributed by atoms with Crippen LogP contribution in [0.25, 0.3) is 0 Å². The quantitative estimate of drug-likeness (QED) is 0.607. The Morgan fingerprint density at radius 2 is 2.13 bits per heavy atom. The van der Waals surface area contributed by atoms with Crippen LogP contribution in [-0.4, -0.2) is 39.2 Å². The standard InChI is InChI=1S/C23H26N4O4/c1-16-9-10-21(28)27(25-16)15-22(29)26-11-4-3-8-20(26)23-24-14-19(31-23)13-17-6-5-7-18(12-17)30-2/h5-7,9-10,12,14,20H,3-4,8,11,13,15H2,1-2H3/t20-/m0/s1. The van der Waals surface area contributed by atoms with Crippen LogP contribution >= 0.6 is 0 Å². The molecule has 1 amide bonds. The predicted octanol–water partition coefficient (Wildman–Crippen LogP) is 2.89. The molecule has 0 unspecified atom stereocenters. The lowest BCUT2D eigenvalue weighted by molar-refractivity contribution is -0.136. The number of benzene rings is 1. The van der Waals surface area contributed by atoms with E-state index in [-0.39, 0.29) is 24.1 Å². The molecule has 0 saturated carbocycles. The molecule has 0 bridgehead atoms. The second-order valence-corrected chi connectivity index (χ2v) is 7.76. The van der Waals surface area contributed by atoms with Gasteiger partial charge in [0.15, 0.2) is 0 Å². The minimum atomic E-state index is -0.288. The molecule has 0 radical (unpaired) electrons. The monoisotopic (exact) mass is 422 g/mol. The number of piperidine rings is 1. The molecule has 1 aliphatic heterocycles. The third kappa shape index (κ3) is 4.84. The van der Waals surface area contributed by atoms with E-state index < -0.39 is 0 Å². The van der Waals surface area contributed by atoms with Crippen molar-refractivity contribution in [3.8, 4) is 5.75 Å². The summed E-state index contributed by atoms with van der Waals surface area (Å²) in [7, 11) is 1.64. The molecular formula is C23H26N4O4. The Balaban J connectivity index is 1.50. The number of ether oxygens (including phenoxy) is 1. The average molecular weight is 422 g/mol. The fraction of sp³-hybridized carbons (Fsp3) is 0.391. The summed E-state index contributed by atoms with van der Waals surface area (Å²) in [4.78, 5) is 31.3. The first-order valence-electron chi connectivity index (χ1n) is 10.5. The van der Waals surface area contributed by atoms with Crippen LogP contribution in [0, 0.1) is 6.92 Å². The summed E-state index contributed by atoms with van der Waals surface area (Å²) in [5.41, 5.74) is 1.46. The molecule has 0 N–H and O–H groups in total. The number of methoxy groups -OCH3 is 1. The van der Waals surface area contributed by atoms with Crippen LogP contribution in [-0.2, 0) is 17.8 Å². The molecule has 3 heterocycles. The molecule has 8 heteroatoms. The van der Waals surface area contributed by atoms with Crippen LogP contribution in [0.5, 0.6) is 5.75 Å². The van der Waals surface area contributed by atoms with E-state index in [0.29, 0.717) is 24.6 Å². The van der Waals surface area contributed by atoms with E-state index in [1.165, 1.54) is 10.7 Å². The number of carbonyl (C=O) groups excluding carboxylic acids is 1. The zero-order chi connectivity index (χ0) is 21.8. The van der Waals surface area contributed by atoms with Crippen molar-refractivity contribution in [1.82, 2.24) is 19.7 Å². The van der Waals surface area contributed by atoms with Crippen LogP contribution < -0.4 is 10.3 Å². The van der Waals surface area contributed by atoms with Crippen molar-refractivity contribution in [3.05, 3.63) is 75.9 Å². The first kappa shape index (κ1) is 20.8. The van der Waals surface area contributed by atoms with Crippen molar-refractivity contribution in [2.24, 2.45) is 0 Å². The first-order valence-corrected chi connectivity index (χ1v) is 10.5. The number of aromatic nitrogens is 3. The molecule has 1 fully saturated rings. The maximum Gasteiger partial charge on any atom is 0.267 e. The van der Waals surface area contributed by atoms with E-state index in [1.807, 2.05) is 24.3 Å². The summed E-state index contributed by atoms with van der Waals surface area (Å²) in [6.07, 6.45) is 4.99. The highest BCUT2D eigenvalue weighted by molar-refractivity contribution is 5.76. The van der Waals surface area contributed by atoms with Gasteiger partial charge in [0.2, 0.25) is 11.8 Å². The number of rotatable bonds is 6. The number of aryl methyl sites for hydroxylation is 1. The highest BCUT2D eigenvalue weighted by Gasteiger charge is 2.31. The maximum absolute atomic E-state index is 13.0. The Morgan fingerprint density at radius 3 is 2.97 bits per heavy atom. The van der Waals surface area contributed by atoms with Gasteiger partial charge in [-0.1, -0.05) is 12.1 Å². The Bertz CT molecular complexity index is 1120. The predicted molar refractivity (Wildman–Crippen MR) is 114 cm³/mol. The number of likely N-dealkylation sites (tertiary alicyclic amines) is 1. The first-order chi connectivity index (χ1) is 15.0. The number of carbonyl (C=O) groups is 1. The number of oxazole rings is 1. The van der Waals surface area contributed by atoms with Gasteiger partial charge in [0.25, 0.3) is 5.56 Å². The van der Waals surface area contributed by atoms with Gasteiger partial charge >= 0.3 is 0 Å². The van der Waals surface area contributed by atoms with Crippen molar-refractivity contribution >= 4 is 5.91 Å². The number of nitrogens with zero attached hydrogens (tertiary/aromatic N) is 4. The Labute approximate surface area is 180 Å². The highest BCUT2D eigenvalue weighted by Crippen LogP contribution is 2.31. The topological polar surface area (TPSA) is 90.5 Å². The summed E-state index contributed by atoms with van der Waals surface area (Å²) in [5, 5.41) is 4.18. The van der Waals surface area contributed by atoms with E-state index >= 15 is 0 Å². The number of amides is 1. The summed E-state index contributed by atoms with van der Waals surface area (Å²) < 4.78 is 12.5. The summed E-state index contributed by atoms with van der Waals surface area (Å²) in [6, 6.07) is 10.6. The zero-order valence-corrected chi connectivity index (χ0v) is 17.8. The van der Waals surface area contributed by atoms with Crippen LogP contribution in [0.1, 0.15) is 48.2 Å². The second kappa shape index (κ2) is 9.16. The third-order valence-corrected chi connectivity index (χ3v) is 5.48. The van der Waals surface area contributed by atoms with Crippen molar-refractivity contribution < 1.29 is 13.9 Å². The Hall–Kier alpha value is -3.42. The van der Waals surface area contributed by atoms with E-state index in [2.05, 4.69) is 10.1 Å². The fourth-order valence-electron chi connectivity index (χ4n) is 3.91. The van der Waals surface area contributed by atoms with Gasteiger partial charge in [-0.15, -0.1) is 0 Å². The van der Waals surface area contributed by atoms with Crippen LogP contribution in [0.4, 0.5) is 0 Å². The van der Waals surface area contributed by atoms with Gasteiger partial charge in [0.05, 0.1) is 19.0 Å². The smallest absolute Gasteiger partial charge is 0.267 e. The number of hydrogen-bond donors (Lipinski definition) is 0.